The maximum absolute atomic E-state index is 13.6. The Morgan fingerprint density at radius 3 is 2.17 bits per heavy atom. The number of hydrogen-bond acceptors (Lipinski definition) is 5. The molecule has 1 saturated carbocycles. The molecular weight excluding hydrogens is 577 g/mol. The van der Waals surface area contributed by atoms with Gasteiger partial charge in [-0.3, -0.25) is 14.4 Å². The number of amides is 3. The summed E-state index contributed by atoms with van der Waals surface area (Å²) in [6, 6.07) is 7.03. The number of hydrogen-bond donors (Lipinski definition) is 3. The zero-order chi connectivity index (χ0) is 31.4. The van der Waals surface area contributed by atoms with Crippen molar-refractivity contribution < 1.29 is 37.5 Å². The van der Waals surface area contributed by atoms with Crippen LogP contribution < -0.4 is 10.6 Å². The molecule has 13 heteroatoms. The van der Waals surface area contributed by atoms with Crippen LogP contribution in [0.15, 0.2) is 24.3 Å². The maximum atomic E-state index is 13.6. The van der Waals surface area contributed by atoms with Crippen molar-refractivity contribution in [3.05, 3.63) is 34.9 Å². The van der Waals surface area contributed by atoms with Gasteiger partial charge in [0.05, 0.1) is 6.04 Å². The number of carbonyl (C=O) groups excluding carboxylic acids is 3. The minimum absolute atomic E-state index is 0.0353. The Labute approximate surface area is 250 Å². The summed E-state index contributed by atoms with van der Waals surface area (Å²) in [5, 5.41) is 13.7. The molecule has 3 amide bonds. The molecule has 236 valence electrons. The third-order valence-corrected chi connectivity index (χ3v) is 7.67. The Hall–Kier alpha value is -2.86. The lowest BCUT2D eigenvalue weighted by Crippen LogP contribution is -2.53. The number of carbonyl (C=O) groups is 4. The number of likely N-dealkylation sites (tertiary alicyclic amines) is 1. The molecule has 2 aliphatic rings. The second-order valence-electron chi connectivity index (χ2n) is 11.0. The quantitative estimate of drug-likeness (QED) is 0.364. The SMILES string of the molecule is CNCCC(=O)NC(Cc1ccc(Cl)cc1)C(=O)N1CCC(N(C(=O)C(C)C)C2CCCCC2)C1.O=C(O)C(F)(F)F. The normalized spacial score (nSPS) is 18.2. The van der Waals surface area contributed by atoms with E-state index in [0.29, 0.717) is 37.5 Å². The summed E-state index contributed by atoms with van der Waals surface area (Å²) in [6.45, 7) is 5.59. The third kappa shape index (κ3) is 11.1. The van der Waals surface area contributed by atoms with E-state index < -0.39 is 18.2 Å². The third-order valence-electron chi connectivity index (χ3n) is 7.42. The second-order valence-corrected chi connectivity index (χ2v) is 11.5. The molecule has 2 unspecified atom stereocenters. The lowest BCUT2D eigenvalue weighted by Gasteiger charge is -2.39. The molecule has 1 aromatic rings. The van der Waals surface area contributed by atoms with Gasteiger partial charge < -0.3 is 25.5 Å². The predicted molar refractivity (Wildman–Crippen MR) is 153 cm³/mol. The molecular formula is C29H42ClF3N4O5. The van der Waals surface area contributed by atoms with Gasteiger partial charge in [0.15, 0.2) is 0 Å². The fraction of sp³-hybridized carbons (Fsp3) is 0.655. The average Bonchev–Trinajstić information content (AvgIpc) is 3.42. The summed E-state index contributed by atoms with van der Waals surface area (Å²) >= 11 is 6.03. The molecule has 42 heavy (non-hydrogen) atoms. The number of nitrogens with zero attached hydrogens (tertiary/aromatic N) is 2. The molecule has 2 atom stereocenters. The van der Waals surface area contributed by atoms with Crippen molar-refractivity contribution in [2.45, 2.75) is 89.5 Å². The zero-order valence-corrected chi connectivity index (χ0v) is 25.1. The van der Waals surface area contributed by atoms with Crippen LogP contribution >= 0.6 is 11.6 Å². The van der Waals surface area contributed by atoms with E-state index in [-0.39, 0.29) is 35.7 Å². The van der Waals surface area contributed by atoms with E-state index in [1.807, 2.05) is 30.9 Å². The van der Waals surface area contributed by atoms with Gasteiger partial charge in [0.25, 0.3) is 0 Å². The van der Waals surface area contributed by atoms with Crippen molar-refractivity contribution in [2.75, 3.05) is 26.7 Å². The topological polar surface area (TPSA) is 119 Å². The first-order valence-electron chi connectivity index (χ1n) is 14.3. The highest BCUT2D eigenvalue weighted by Gasteiger charge is 2.40. The van der Waals surface area contributed by atoms with E-state index in [9.17, 15) is 27.6 Å². The second kappa shape index (κ2) is 16.7. The van der Waals surface area contributed by atoms with Crippen LogP contribution in [0, 0.1) is 5.92 Å². The smallest absolute Gasteiger partial charge is 0.475 e. The molecule has 3 rings (SSSR count). The van der Waals surface area contributed by atoms with Crippen LogP contribution in [0.4, 0.5) is 13.2 Å². The highest BCUT2D eigenvalue weighted by atomic mass is 35.5. The highest BCUT2D eigenvalue weighted by molar-refractivity contribution is 6.30. The number of carboxylic acids is 1. The molecule has 3 N–H and O–H groups in total. The molecule has 1 aromatic carbocycles. The molecule has 1 aliphatic carbocycles. The summed E-state index contributed by atoms with van der Waals surface area (Å²) in [4.78, 5) is 52.2. The van der Waals surface area contributed by atoms with Gasteiger partial charge in [0.2, 0.25) is 17.7 Å². The molecule has 0 bridgehead atoms. The minimum Gasteiger partial charge on any atom is -0.475 e. The van der Waals surface area contributed by atoms with Crippen molar-refractivity contribution in [2.24, 2.45) is 5.92 Å². The number of carboxylic acid groups (broad SMARTS) is 1. The summed E-state index contributed by atoms with van der Waals surface area (Å²) < 4.78 is 31.7. The fourth-order valence-corrected chi connectivity index (χ4v) is 5.39. The monoisotopic (exact) mass is 618 g/mol. The number of aliphatic carboxylic acids is 1. The molecule has 0 radical (unpaired) electrons. The number of halogens is 4. The van der Waals surface area contributed by atoms with Gasteiger partial charge in [-0.1, -0.05) is 56.8 Å². The van der Waals surface area contributed by atoms with Crippen molar-refractivity contribution in [3.8, 4) is 0 Å². The van der Waals surface area contributed by atoms with E-state index in [2.05, 4.69) is 15.5 Å². The average molecular weight is 619 g/mol. The Bertz CT molecular complexity index is 1050. The molecule has 0 spiro atoms. The largest absolute Gasteiger partial charge is 0.490 e. The van der Waals surface area contributed by atoms with Gasteiger partial charge in [-0.25, -0.2) is 4.79 Å². The summed E-state index contributed by atoms with van der Waals surface area (Å²) in [7, 11) is 1.80. The van der Waals surface area contributed by atoms with Crippen molar-refractivity contribution in [3.63, 3.8) is 0 Å². The van der Waals surface area contributed by atoms with Crippen LogP contribution in [0.1, 0.15) is 64.4 Å². The lowest BCUT2D eigenvalue weighted by atomic mass is 9.92. The van der Waals surface area contributed by atoms with E-state index in [4.69, 9.17) is 21.5 Å². The summed E-state index contributed by atoms with van der Waals surface area (Å²) in [5.74, 6) is -2.87. The van der Waals surface area contributed by atoms with Crippen molar-refractivity contribution >= 4 is 35.3 Å². The summed E-state index contributed by atoms with van der Waals surface area (Å²) in [6.07, 6.45) is 2.04. The van der Waals surface area contributed by atoms with Crippen LogP contribution in [0.3, 0.4) is 0 Å². The Morgan fingerprint density at radius 2 is 1.64 bits per heavy atom. The highest BCUT2D eigenvalue weighted by Crippen LogP contribution is 2.29. The predicted octanol–water partition coefficient (Wildman–Crippen LogP) is 4.03. The molecule has 1 heterocycles. The molecule has 0 aromatic heterocycles. The van der Waals surface area contributed by atoms with Crippen LogP contribution in [0.2, 0.25) is 5.02 Å². The number of alkyl halides is 3. The standard InChI is InChI=1S/C27H41ClN4O3.C2HF3O2/c1-19(2)26(34)32(22-7-5-4-6-8-22)23-14-16-31(18-23)27(35)24(30-25(33)13-15-29-3)17-20-9-11-21(28)12-10-20;3-2(4,5)1(6)7/h9-12,19,22-24,29H,4-8,13-18H2,1-3H3,(H,30,33);(H,6,7). The number of rotatable bonds is 10. The Balaban J connectivity index is 0.000000782. The van der Waals surface area contributed by atoms with E-state index in [1.54, 1.807) is 19.2 Å². The van der Waals surface area contributed by atoms with Crippen LogP contribution in [0.5, 0.6) is 0 Å². The van der Waals surface area contributed by atoms with E-state index >= 15 is 0 Å². The van der Waals surface area contributed by atoms with E-state index in [1.165, 1.54) is 6.42 Å². The first-order chi connectivity index (χ1) is 19.7. The number of nitrogens with one attached hydrogen (secondary N) is 2. The van der Waals surface area contributed by atoms with Crippen molar-refractivity contribution in [1.29, 1.82) is 0 Å². The van der Waals surface area contributed by atoms with Gasteiger partial charge in [0.1, 0.15) is 6.04 Å². The first-order valence-corrected chi connectivity index (χ1v) is 14.7. The summed E-state index contributed by atoms with van der Waals surface area (Å²) in [5.41, 5.74) is 0.941. The van der Waals surface area contributed by atoms with Crippen LogP contribution in [0.25, 0.3) is 0 Å². The van der Waals surface area contributed by atoms with Crippen LogP contribution in [-0.2, 0) is 25.6 Å². The zero-order valence-electron chi connectivity index (χ0n) is 24.4. The van der Waals surface area contributed by atoms with Crippen LogP contribution in [-0.4, -0.2) is 89.6 Å². The van der Waals surface area contributed by atoms with Gasteiger partial charge in [0, 0.05) is 49.5 Å². The minimum atomic E-state index is -5.08. The molecule has 1 aliphatic heterocycles. The Kier molecular flexibility index (Phi) is 14.0. The van der Waals surface area contributed by atoms with E-state index in [0.717, 1.165) is 37.7 Å². The van der Waals surface area contributed by atoms with Gasteiger partial charge >= 0.3 is 12.1 Å². The first kappa shape index (κ1) is 35.3. The Morgan fingerprint density at radius 1 is 1.05 bits per heavy atom. The van der Waals surface area contributed by atoms with Gasteiger partial charge in [-0.15, -0.1) is 0 Å². The lowest BCUT2D eigenvalue weighted by molar-refractivity contribution is -0.192. The molecule has 9 nitrogen and oxygen atoms in total. The van der Waals surface area contributed by atoms with Gasteiger partial charge in [-0.2, -0.15) is 13.2 Å². The maximum Gasteiger partial charge on any atom is 0.490 e. The van der Waals surface area contributed by atoms with Crippen molar-refractivity contribution in [1.82, 2.24) is 20.4 Å². The number of benzene rings is 1. The van der Waals surface area contributed by atoms with Gasteiger partial charge in [-0.05, 0) is 44.0 Å². The fourth-order valence-electron chi connectivity index (χ4n) is 5.27. The molecule has 1 saturated heterocycles. The molecule has 2 fully saturated rings.